The molecule has 2 saturated carbocycles. The van der Waals surface area contributed by atoms with Crippen LogP contribution in [0, 0.1) is 5.92 Å². The van der Waals surface area contributed by atoms with Gasteiger partial charge < -0.3 is 11.1 Å². The van der Waals surface area contributed by atoms with E-state index in [4.69, 9.17) is 5.73 Å². The topological polar surface area (TPSA) is 50.4 Å². The number of nitrogens with zero attached hydrogens (tertiary/aromatic N) is 1. The van der Waals surface area contributed by atoms with E-state index in [0.717, 1.165) is 19.0 Å². The summed E-state index contributed by atoms with van der Waals surface area (Å²) >= 11 is 3.65. The Bertz CT molecular complexity index is 510. The van der Waals surface area contributed by atoms with Crippen molar-refractivity contribution in [3.05, 3.63) is 34.3 Å². The van der Waals surface area contributed by atoms with E-state index < -0.39 is 0 Å². The van der Waals surface area contributed by atoms with Crippen molar-refractivity contribution < 1.29 is 0 Å². The summed E-state index contributed by atoms with van der Waals surface area (Å²) < 4.78 is 1.19. The van der Waals surface area contributed by atoms with Crippen LogP contribution >= 0.6 is 39.9 Å². The maximum atomic E-state index is 5.98. The highest BCUT2D eigenvalue weighted by atomic mass is 127. The summed E-state index contributed by atoms with van der Waals surface area (Å²) in [5, 5.41) is 3.27. The van der Waals surface area contributed by atoms with Crippen LogP contribution < -0.4 is 11.1 Å². The average Bonchev–Trinajstić information content (AvgIpc) is 3.16. The van der Waals surface area contributed by atoms with Gasteiger partial charge in [0.1, 0.15) is 0 Å². The quantitative estimate of drug-likeness (QED) is 0.396. The predicted octanol–water partition coefficient (Wildman–Crippen LogP) is 3.80. The number of hydrogen-bond acceptors (Lipinski definition) is 1. The molecule has 5 heteroatoms. The van der Waals surface area contributed by atoms with E-state index in [9.17, 15) is 0 Å². The molecular weight excluding hydrogens is 441 g/mol. The monoisotopic (exact) mass is 463 g/mol. The maximum Gasteiger partial charge on any atom is 0.188 e. The third-order valence-corrected chi connectivity index (χ3v) is 5.34. The fourth-order valence-corrected chi connectivity index (χ4v) is 3.50. The minimum Gasteiger partial charge on any atom is -0.370 e. The number of benzene rings is 1. The molecule has 0 amide bonds. The average molecular weight is 464 g/mol. The van der Waals surface area contributed by atoms with E-state index in [2.05, 4.69) is 50.5 Å². The van der Waals surface area contributed by atoms with Gasteiger partial charge in [-0.05, 0) is 43.2 Å². The highest BCUT2D eigenvalue weighted by Gasteiger charge is 2.45. The lowest BCUT2D eigenvalue weighted by Crippen LogP contribution is -2.37. The van der Waals surface area contributed by atoms with Crippen molar-refractivity contribution in [3.63, 3.8) is 0 Å². The fourth-order valence-electron chi connectivity index (χ4n) is 2.79. The van der Waals surface area contributed by atoms with Gasteiger partial charge in [0.2, 0.25) is 0 Å². The van der Waals surface area contributed by atoms with E-state index in [1.165, 1.54) is 42.1 Å². The first kappa shape index (κ1) is 17.1. The molecular formula is C16H23BrIN3. The first-order chi connectivity index (χ1) is 9.70. The largest absolute Gasteiger partial charge is 0.370 e. The van der Waals surface area contributed by atoms with Crippen molar-refractivity contribution >= 4 is 45.9 Å². The van der Waals surface area contributed by atoms with Gasteiger partial charge in [-0.15, -0.1) is 24.0 Å². The van der Waals surface area contributed by atoms with Gasteiger partial charge in [0, 0.05) is 16.4 Å². The van der Waals surface area contributed by atoms with Gasteiger partial charge in [-0.2, -0.15) is 0 Å². The second-order valence-corrected chi connectivity index (χ2v) is 6.99. The molecule has 0 radical (unpaired) electrons. The molecule has 0 heterocycles. The summed E-state index contributed by atoms with van der Waals surface area (Å²) in [6.07, 6.45) is 6.45. The summed E-state index contributed by atoms with van der Waals surface area (Å²) in [5.74, 6) is 1.41. The molecule has 2 aliphatic rings. The molecule has 1 aromatic rings. The van der Waals surface area contributed by atoms with Crippen LogP contribution in [0.3, 0.4) is 0 Å². The number of halogens is 2. The van der Waals surface area contributed by atoms with Crippen LogP contribution in [-0.2, 0) is 5.41 Å². The summed E-state index contributed by atoms with van der Waals surface area (Å²) in [6, 6.07) is 8.46. The molecule has 2 fully saturated rings. The number of aliphatic imine (C=N–C) groups is 1. The van der Waals surface area contributed by atoms with Crippen molar-refractivity contribution in [1.29, 1.82) is 0 Å². The molecule has 3 N–H and O–H groups in total. The summed E-state index contributed by atoms with van der Waals surface area (Å²) in [6.45, 7) is 1.77. The third kappa shape index (κ3) is 4.12. The predicted molar refractivity (Wildman–Crippen MR) is 102 cm³/mol. The molecule has 0 unspecified atom stereocenters. The molecule has 0 spiro atoms. The van der Waals surface area contributed by atoms with Crippen molar-refractivity contribution in [2.24, 2.45) is 16.6 Å². The van der Waals surface area contributed by atoms with Crippen LogP contribution in [0.25, 0.3) is 0 Å². The number of nitrogens with two attached hydrogens (primary N) is 1. The molecule has 0 aliphatic heterocycles. The Hall–Kier alpha value is -0.300. The highest BCUT2D eigenvalue weighted by molar-refractivity contribution is 14.0. The van der Waals surface area contributed by atoms with Gasteiger partial charge in [-0.1, -0.05) is 40.5 Å². The molecule has 3 rings (SSSR count). The third-order valence-electron chi connectivity index (χ3n) is 4.65. The second kappa shape index (κ2) is 7.31. The Morgan fingerprint density at radius 2 is 2.05 bits per heavy atom. The zero-order chi connectivity index (χ0) is 14.0. The van der Waals surface area contributed by atoms with Gasteiger partial charge in [-0.25, -0.2) is 0 Å². The smallest absolute Gasteiger partial charge is 0.188 e. The lowest BCUT2D eigenvalue weighted by atomic mass is 9.85. The molecule has 116 valence electrons. The first-order valence-electron chi connectivity index (χ1n) is 7.48. The minimum absolute atomic E-state index is 0. The van der Waals surface area contributed by atoms with Gasteiger partial charge in [0.15, 0.2) is 5.96 Å². The van der Waals surface area contributed by atoms with Crippen LogP contribution in [0.4, 0.5) is 0 Å². The van der Waals surface area contributed by atoms with Gasteiger partial charge in [0.05, 0.1) is 6.54 Å². The number of hydrogen-bond donors (Lipinski definition) is 2. The van der Waals surface area contributed by atoms with Crippen molar-refractivity contribution in [2.45, 2.75) is 37.5 Å². The fraction of sp³-hybridized carbons (Fsp3) is 0.562. The minimum atomic E-state index is 0. The maximum absolute atomic E-state index is 5.98. The van der Waals surface area contributed by atoms with E-state index in [1.807, 2.05) is 0 Å². The SMILES string of the molecule is I.NC(=NCC1(c2ccccc2Br)CC1)NCC1CCC1. The van der Waals surface area contributed by atoms with Crippen molar-refractivity contribution in [2.75, 3.05) is 13.1 Å². The zero-order valence-electron chi connectivity index (χ0n) is 12.1. The molecule has 0 aromatic heterocycles. The second-order valence-electron chi connectivity index (χ2n) is 6.14. The highest BCUT2D eigenvalue weighted by Crippen LogP contribution is 2.50. The Morgan fingerprint density at radius 1 is 1.33 bits per heavy atom. The van der Waals surface area contributed by atoms with Crippen molar-refractivity contribution in [3.8, 4) is 0 Å². The van der Waals surface area contributed by atoms with Gasteiger partial charge in [-0.3, -0.25) is 4.99 Å². The summed E-state index contributed by atoms with van der Waals surface area (Å²) in [5.41, 5.74) is 7.56. The van der Waals surface area contributed by atoms with Gasteiger partial charge in [0.25, 0.3) is 0 Å². The molecule has 0 saturated heterocycles. The Morgan fingerprint density at radius 3 is 2.62 bits per heavy atom. The molecule has 0 bridgehead atoms. The number of rotatable bonds is 5. The number of guanidine groups is 1. The molecule has 1 aromatic carbocycles. The Balaban J connectivity index is 0.00000161. The van der Waals surface area contributed by atoms with E-state index in [-0.39, 0.29) is 29.4 Å². The van der Waals surface area contributed by atoms with Crippen LogP contribution in [-0.4, -0.2) is 19.0 Å². The Kier molecular flexibility index (Phi) is 5.94. The molecule has 3 nitrogen and oxygen atoms in total. The number of nitrogens with one attached hydrogen (secondary N) is 1. The van der Waals surface area contributed by atoms with Gasteiger partial charge >= 0.3 is 0 Å². The van der Waals surface area contributed by atoms with E-state index in [1.54, 1.807) is 0 Å². The lowest BCUT2D eigenvalue weighted by molar-refractivity contribution is 0.315. The van der Waals surface area contributed by atoms with Crippen LogP contribution in [0.1, 0.15) is 37.7 Å². The molecule has 21 heavy (non-hydrogen) atoms. The van der Waals surface area contributed by atoms with E-state index in [0.29, 0.717) is 5.96 Å². The van der Waals surface area contributed by atoms with Crippen LogP contribution in [0.2, 0.25) is 0 Å². The summed E-state index contributed by atoms with van der Waals surface area (Å²) in [7, 11) is 0. The van der Waals surface area contributed by atoms with Crippen LogP contribution in [0.15, 0.2) is 33.7 Å². The Labute approximate surface area is 152 Å². The van der Waals surface area contributed by atoms with Crippen LogP contribution in [0.5, 0.6) is 0 Å². The normalized spacial score (nSPS) is 20.3. The standard InChI is InChI=1S/C16H22BrN3.HI/c17-14-7-2-1-6-13(14)16(8-9-16)11-20-15(18)19-10-12-4-3-5-12;/h1-2,6-7,12H,3-5,8-11H2,(H3,18,19,20);1H. The molecule has 0 atom stereocenters. The van der Waals surface area contributed by atoms with E-state index >= 15 is 0 Å². The first-order valence-corrected chi connectivity index (χ1v) is 8.28. The lowest BCUT2D eigenvalue weighted by Gasteiger charge is -2.25. The molecule has 2 aliphatic carbocycles. The summed E-state index contributed by atoms with van der Waals surface area (Å²) in [4.78, 5) is 4.57. The zero-order valence-corrected chi connectivity index (χ0v) is 16.1. The van der Waals surface area contributed by atoms with Crippen molar-refractivity contribution in [1.82, 2.24) is 5.32 Å².